The van der Waals surface area contributed by atoms with Crippen molar-refractivity contribution in [3.63, 3.8) is 0 Å². The summed E-state index contributed by atoms with van der Waals surface area (Å²) in [4.78, 5) is 0. The summed E-state index contributed by atoms with van der Waals surface area (Å²) >= 11 is 0. The Kier molecular flexibility index (Phi) is 9.00. The quantitative estimate of drug-likeness (QED) is 0.455. The van der Waals surface area contributed by atoms with E-state index in [-0.39, 0.29) is 0 Å². The van der Waals surface area contributed by atoms with Gasteiger partial charge in [0, 0.05) is 32.4 Å². The van der Waals surface area contributed by atoms with Gasteiger partial charge in [0.1, 0.15) is 0 Å². The lowest BCUT2D eigenvalue weighted by Gasteiger charge is -2.28. The molecule has 0 fully saturated rings. The highest BCUT2D eigenvalue weighted by Gasteiger charge is 2.39. The van der Waals surface area contributed by atoms with E-state index in [1.54, 1.807) is 0 Å². The molecule has 0 bridgehead atoms. The predicted octanol–water partition coefficient (Wildman–Crippen LogP) is 0.974. The highest BCUT2D eigenvalue weighted by molar-refractivity contribution is 7.88. The van der Waals surface area contributed by atoms with Crippen LogP contribution in [-0.2, 0) is 23.3 Å². The zero-order valence-corrected chi connectivity index (χ0v) is 13.5. The molecule has 0 spiro atoms. The fourth-order valence-electron chi connectivity index (χ4n) is 1.56. The van der Waals surface area contributed by atoms with E-state index in [1.807, 2.05) is 20.8 Å². The van der Waals surface area contributed by atoms with Crippen molar-refractivity contribution in [3.05, 3.63) is 0 Å². The molecule has 0 radical (unpaired) electrons. The van der Waals surface area contributed by atoms with Gasteiger partial charge < -0.3 is 13.3 Å². The molecule has 0 rings (SSSR count). The van der Waals surface area contributed by atoms with Gasteiger partial charge in [0.05, 0.1) is 6.26 Å². The number of hydrogen-bond donors (Lipinski definition) is 1. The molecular formula is C10H25NO5SSi. The van der Waals surface area contributed by atoms with Crippen molar-refractivity contribution in [3.8, 4) is 0 Å². The smallest absolute Gasteiger partial charge is 0.374 e. The largest absolute Gasteiger partial charge is 0.500 e. The van der Waals surface area contributed by atoms with E-state index >= 15 is 0 Å². The van der Waals surface area contributed by atoms with E-state index in [0.717, 1.165) is 6.26 Å². The average Bonchev–Trinajstić information content (AvgIpc) is 2.24. The van der Waals surface area contributed by atoms with Crippen LogP contribution < -0.4 is 4.72 Å². The third-order valence-electron chi connectivity index (χ3n) is 2.12. The molecule has 0 unspecified atom stereocenters. The first-order valence-electron chi connectivity index (χ1n) is 6.25. The summed E-state index contributed by atoms with van der Waals surface area (Å²) in [5.41, 5.74) is 0. The maximum Gasteiger partial charge on any atom is 0.500 e. The third kappa shape index (κ3) is 8.17. The molecular weight excluding hydrogens is 274 g/mol. The lowest BCUT2D eigenvalue weighted by atomic mass is 10.5. The third-order valence-corrected chi connectivity index (χ3v) is 6.00. The Bertz CT molecular complexity index is 292. The molecule has 1 N–H and O–H groups in total. The van der Waals surface area contributed by atoms with Crippen LogP contribution in [-0.4, -0.2) is 49.8 Å². The molecule has 0 aromatic heterocycles. The molecule has 0 amide bonds. The van der Waals surface area contributed by atoms with Gasteiger partial charge in [-0.15, -0.1) is 0 Å². The summed E-state index contributed by atoms with van der Waals surface area (Å²) < 4.78 is 41.3. The summed E-state index contributed by atoms with van der Waals surface area (Å²) in [7, 11) is -5.76. The van der Waals surface area contributed by atoms with E-state index in [1.165, 1.54) is 0 Å². The standard InChI is InChI=1S/C10H25NO5SSi/c1-5-14-18(15-6-2,16-7-3)10-8-9-11-17(4,12)13/h11H,5-10H2,1-4H3. The lowest BCUT2D eigenvalue weighted by Crippen LogP contribution is -2.46. The normalized spacial score (nSPS) is 12.9. The van der Waals surface area contributed by atoms with Crippen molar-refractivity contribution in [2.45, 2.75) is 33.2 Å². The molecule has 0 atom stereocenters. The first-order valence-corrected chi connectivity index (χ1v) is 10.1. The van der Waals surface area contributed by atoms with Crippen LogP contribution in [0.2, 0.25) is 6.04 Å². The van der Waals surface area contributed by atoms with E-state index < -0.39 is 18.8 Å². The summed E-state index contributed by atoms with van der Waals surface area (Å²) in [5.74, 6) is 0. The van der Waals surface area contributed by atoms with Crippen LogP contribution in [0, 0.1) is 0 Å². The summed E-state index contributed by atoms with van der Waals surface area (Å²) in [6.45, 7) is 7.67. The van der Waals surface area contributed by atoms with E-state index in [0.29, 0.717) is 38.8 Å². The Morgan fingerprint density at radius 2 is 1.44 bits per heavy atom. The van der Waals surface area contributed by atoms with Crippen LogP contribution >= 0.6 is 0 Å². The molecule has 110 valence electrons. The molecule has 8 heteroatoms. The second kappa shape index (κ2) is 9.00. The van der Waals surface area contributed by atoms with Crippen LogP contribution in [0.25, 0.3) is 0 Å². The molecule has 0 aliphatic heterocycles. The molecule has 0 aliphatic rings. The lowest BCUT2D eigenvalue weighted by molar-refractivity contribution is 0.0709. The maximum atomic E-state index is 10.9. The Hall–Kier alpha value is 0.00688. The summed E-state index contributed by atoms with van der Waals surface area (Å²) in [5, 5.41) is 0. The predicted molar refractivity (Wildman–Crippen MR) is 72.9 cm³/mol. The van der Waals surface area contributed by atoms with Gasteiger partial charge >= 0.3 is 8.80 Å². The van der Waals surface area contributed by atoms with Crippen molar-refractivity contribution in [2.24, 2.45) is 0 Å². The molecule has 0 aromatic carbocycles. The fraction of sp³-hybridized carbons (Fsp3) is 1.00. The average molecular weight is 299 g/mol. The van der Waals surface area contributed by atoms with Crippen molar-refractivity contribution in [1.82, 2.24) is 4.72 Å². The van der Waals surface area contributed by atoms with Crippen molar-refractivity contribution < 1.29 is 21.7 Å². The molecule has 18 heavy (non-hydrogen) atoms. The minimum atomic E-state index is -3.14. The SMILES string of the molecule is CCO[Si](CCCNS(C)(=O)=O)(OCC)OCC. The van der Waals surface area contributed by atoms with Crippen LogP contribution in [0.3, 0.4) is 0 Å². The van der Waals surface area contributed by atoms with Gasteiger partial charge in [0.25, 0.3) is 0 Å². The topological polar surface area (TPSA) is 73.9 Å². The Balaban J connectivity index is 4.29. The molecule has 0 saturated heterocycles. The Labute approximate surface area is 111 Å². The van der Waals surface area contributed by atoms with Gasteiger partial charge in [-0.3, -0.25) is 0 Å². The van der Waals surface area contributed by atoms with E-state index in [2.05, 4.69) is 4.72 Å². The van der Waals surface area contributed by atoms with Crippen molar-refractivity contribution in [2.75, 3.05) is 32.6 Å². The molecule has 0 heterocycles. The van der Waals surface area contributed by atoms with Gasteiger partial charge in [-0.1, -0.05) is 0 Å². The summed E-state index contributed by atoms with van der Waals surface area (Å²) in [6.07, 6.45) is 1.78. The molecule has 0 aliphatic carbocycles. The first kappa shape index (κ1) is 18.0. The van der Waals surface area contributed by atoms with Gasteiger partial charge in [0.15, 0.2) is 0 Å². The van der Waals surface area contributed by atoms with Crippen LogP contribution in [0.15, 0.2) is 0 Å². The van der Waals surface area contributed by atoms with E-state index in [9.17, 15) is 8.42 Å². The second-order valence-corrected chi connectivity index (χ2v) is 8.32. The highest BCUT2D eigenvalue weighted by Crippen LogP contribution is 2.17. The van der Waals surface area contributed by atoms with Crippen molar-refractivity contribution >= 4 is 18.8 Å². The fourth-order valence-corrected chi connectivity index (χ4v) is 4.69. The molecule has 0 saturated carbocycles. The number of rotatable bonds is 11. The van der Waals surface area contributed by atoms with Crippen molar-refractivity contribution in [1.29, 1.82) is 0 Å². The number of hydrogen-bond acceptors (Lipinski definition) is 5. The van der Waals surface area contributed by atoms with E-state index in [4.69, 9.17) is 13.3 Å². The van der Waals surface area contributed by atoms with Crippen LogP contribution in [0.1, 0.15) is 27.2 Å². The molecule has 6 nitrogen and oxygen atoms in total. The van der Waals surface area contributed by atoms with Crippen LogP contribution in [0.4, 0.5) is 0 Å². The molecule has 0 aromatic rings. The zero-order valence-electron chi connectivity index (χ0n) is 11.7. The minimum absolute atomic E-state index is 0.376. The first-order chi connectivity index (χ1) is 8.39. The second-order valence-electron chi connectivity index (χ2n) is 3.75. The Morgan fingerprint density at radius 3 is 1.78 bits per heavy atom. The number of nitrogens with one attached hydrogen (secondary N) is 1. The zero-order chi connectivity index (χ0) is 14.1. The van der Waals surface area contributed by atoms with Gasteiger partial charge in [-0.25, -0.2) is 13.1 Å². The monoisotopic (exact) mass is 299 g/mol. The highest BCUT2D eigenvalue weighted by atomic mass is 32.2. The maximum absolute atomic E-state index is 10.9. The number of sulfonamides is 1. The minimum Gasteiger partial charge on any atom is -0.374 e. The summed E-state index contributed by atoms with van der Waals surface area (Å²) in [6, 6.07) is 0.616. The van der Waals surface area contributed by atoms with Gasteiger partial charge in [-0.05, 0) is 27.2 Å². The van der Waals surface area contributed by atoms with Gasteiger partial charge in [0.2, 0.25) is 10.0 Å². The Morgan fingerprint density at radius 1 is 1.00 bits per heavy atom. The van der Waals surface area contributed by atoms with Crippen LogP contribution in [0.5, 0.6) is 0 Å². The van der Waals surface area contributed by atoms with Gasteiger partial charge in [-0.2, -0.15) is 0 Å².